The summed E-state index contributed by atoms with van der Waals surface area (Å²) in [5, 5.41) is 2.82. The maximum atomic E-state index is 11.6. The highest BCUT2D eigenvalue weighted by atomic mass is 35.5. The Morgan fingerprint density at radius 2 is 1.47 bits per heavy atom. The summed E-state index contributed by atoms with van der Waals surface area (Å²) in [6.07, 6.45) is 3.39. The summed E-state index contributed by atoms with van der Waals surface area (Å²) >= 11 is 13.1. The van der Waals surface area contributed by atoms with E-state index >= 15 is 0 Å². The first kappa shape index (κ1) is 28.8. The second-order valence-electron chi connectivity index (χ2n) is 8.75. The number of unbranched alkanes of at least 4 members (excludes halogenated alkanes) is 1. The van der Waals surface area contributed by atoms with Gasteiger partial charge in [-0.2, -0.15) is 8.42 Å². The number of hydrogen-bond acceptors (Lipinski definition) is 6. The molecular formula is C26H32Cl2N2O4SSi. The zero-order valence-electron chi connectivity index (χ0n) is 20.8. The van der Waals surface area contributed by atoms with Crippen LogP contribution in [0.1, 0.15) is 43.5 Å². The van der Waals surface area contributed by atoms with Crippen molar-refractivity contribution in [3.8, 4) is 0 Å². The number of aromatic nitrogens is 2. The van der Waals surface area contributed by atoms with Crippen molar-refractivity contribution in [2.45, 2.75) is 45.1 Å². The van der Waals surface area contributed by atoms with Crippen molar-refractivity contribution in [3.63, 3.8) is 0 Å². The fourth-order valence-electron chi connectivity index (χ4n) is 4.28. The molecule has 194 valence electrons. The maximum Gasteiger partial charge on any atom is 0.264 e. The summed E-state index contributed by atoms with van der Waals surface area (Å²) in [6, 6.07) is 21.6. The van der Waals surface area contributed by atoms with Gasteiger partial charge >= 0.3 is 0 Å². The van der Waals surface area contributed by atoms with E-state index in [4.69, 9.17) is 31.8 Å². The number of nitrogens with zero attached hydrogens (tertiary/aromatic N) is 2. The lowest BCUT2D eigenvalue weighted by Crippen LogP contribution is -2.61. The van der Waals surface area contributed by atoms with Crippen molar-refractivity contribution in [1.82, 2.24) is 9.97 Å². The quantitative estimate of drug-likeness (QED) is 0.162. The first-order valence-corrected chi connectivity index (χ1v) is 16.6. The summed E-state index contributed by atoms with van der Waals surface area (Å²) < 4.78 is 35.3. The number of hydrogen-bond donors (Lipinski definition) is 0. The van der Waals surface area contributed by atoms with Gasteiger partial charge in [-0.05, 0) is 29.8 Å². The van der Waals surface area contributed by atoms with Crippen LogP contribution in [0.15, 0.2) is 60.7 Å². The van der Waals surface area contributed by atoms with Gasteiger partial charge in [-0.25, -0.2) is 9.97 Å². The van der Waals surface area contributed by atoms with Crippen LogP contribution in [0.4, 0.5) is 0 Å². The topological polar surface area (TPSA) is 78.4 Å². The van der Waals surface area contributed by atoms with Gasteiger partial charge in [0.05, 0.1) is 12.9 Å². The molecule has 0 fully saturated rings. The Labute approximate surface area is 225 Å². The zero-order chi connectivity index (χ0) is 26.2. The van der Waals surface area contributed by atoms with Crippen molar-refractivity contribution >= 4 is 52.0 Å². The highest BCUT2D eigenvalue weighted by molar-refractivity contribution is 7.85. The third-order valence-corrected chi connectivity index (χ3v) is 11.5. The third-order valence-electron chi connectivity index (χ3n) is 6.03. The van der Waals surface area contributed by atoms with Crippen LogP contribution in [0.3, 0.4) is 0 Å². The Morgan fingerprint density at radius 3 is 1.94 bits per heavy atom. The van der Waals surface area contributed by atoms with E-state index in [0.717, 1.165) is 25.1 Å². The number of halogens is 2. The van der Waals surface area contributed by atoms with Crippen molar-refractivity contribution in [2.75, 3.05) is 19.5 Å². The predicted octanol–water partition coefficient (Wildman–Crippen LogP) is 5.12. The molecule has 0 aliphatic carbocycles. The molecule has 0 N–H and O–H groups in total. The van der Waals surface area contributed by atoms with E-state index in [2.05, 4.69) is 41.2 Å². The molecule has 3 rings (SSSR count). The van der Waals surface area contributed by atoms with E-state index < -0.39 is 18.4 Å². The zero-order valence-corrected chi connectivity index (χ0v) is 24.1. The smallest absolute Gasteiger partial charge is 0.264 e. The van der Waals surface area contributed by atoms with Crippen LogP contribution in [0.5, 0.6) is 0 Å². The molecule has 6 nitrogen and oxygen atoms in total. The minimum atomic E-state index is -3.60. The van der Waals surface area contributed by atoms with E-state index in [0.29, 0.717) is 17.8 Å². The van der Waals surface area contributed by atoms with Crippen LogP contribution in [-0.4, -0.2) is 46.2 Å². The first-order chi connectivity index (χ1) is 17.2. The molecule has 0 aliphatic heterocycles. The standard InChI is InChI=1S/C26H32Cl2N2O4SSi/c1-4-5-18-36(22-12-8-6-9-13-22,23-14-10-7-11-15-23)34-19-21(16-17-33-35(3,31)32)24-25(27)29-20(2)30-26(24)28/h6-15,21H,4-5,16-19H2,1-3H3. The molecule has 0 bridgehead atoms. The molecule has 0 aliphatic rings. The van der Waals surface area contributed by atoms with Crippen LogP contribution in [-0.2, 0) is 18.7 Å². The van der Waals surface area contributed by atoms with Gasteiger partial charge < -0.3 is 4.43 Å². The summed E-state index contributed by atoms with van der Waals surface area (Å²) in [7, 11) is -6.27. The Balaban J connectivity index is 2.03. The van der Waals surface area contributed by atoms with Gasteiger partial charge in [-0.15, -0.1) is 0 Å². The molecule has 1 unspecified atom stereocenters. The molecular weight excluding hydrogens is 535 g/mol. The van der Waals surface area contributed by atoms with Gasteiger partial charge in [0.25, 0.3) is 18.4 Å². The average molecular weight is 568 g/mol. The minimum absolute atomic E-state index is 0.0341. The van der Waals surface area contributed by atoms with Gasteiger partial charge in [-0.3, -0.25) is 4.18 Å². The van der Waals surface area contributed by atoms with Crippen molar-refractivity contribution < 1.29 is 17.0 Å². The van der Waals surface area contributed by atoms with E-state index in [1.807, 2.05) is 36.4 Å². The Hall–Kier alpha value is -1.81. The SMILES string of the molecule is CCCC[Si](OCC(CCOS(C)(=O)=O)c1c(Cl)nc(C)nc1Cl)(c1ccccc1)c1ccccc1. The molecule has 1 aromatic heterocycles. The highest BCUT2D eigenvalue weighted by Crippen LogP contribution is 2.33. The minimum Gasteiger partial charge on any atom is -0.407 e. The van der Waals surface area contributed by atoms with Gasteiger partial charge in [0.15, 0.2) is 0 Å². The van der Waals surface area contributed by atoms with Crippen molar-refractivity contribution in [3.05, 3.63) is 82.4 Å². The van der Waals surface area contributed by atoms with Crippen LogP contribution in [0.25, 0.3) is 0 Å². The molecule has 0 spiro atoms. The lowest BCUT2D eigenvalue weighted by Gasteiger charge is -2.34. The molecule has 1 atom stereocenters. The van der Waals surface area contributed by atoms with Crippen LogP contribution < -0.4 is 10.4 Å². The Bertz CT molecular complexity index is 1170. The van der Waals surface area contributed by atoms with Crippen molar-refractivity contribution in [1.29, 1.82) is 0 Å². The van der Waals surface area contributed by atoms with Gasteiger partial charge in [0.2, 0.25) is 0 Å². The summed E-state index contributed by atoms with van der Waals surface area (Å²) in [6.45, 7) is 4.11. The van der Waals surface area contributed by atoms with Crippen LogP contribution >= 0.6 is 23.2 Å². The molecule has 3 aromatic rings. The van der Waals surface area contributed by atoms with E-state index in [1.54, 1.807) is 6.92 Å². The van der Waals surface area contributed by atoms with E-state index in [1.165, 1.54) is 10.4 Å². The van der Waals surface area contributed by atoms with E-state index in [9.17, 15) is 8.42 Å². The molecule has 2 aromatic carbocycles. The molecule has 0 radical (unpaired) electrons. The van der Waals surface area contributed by atoms with Crippen molar-refractivity contribution in [2.24, 2.45) is 0 Å². The molecule has 0 saturated heterocycles. The predicted molar refractivity (Wildman–Crippen MR) is 149 cm³/mol. The first-order valence-electron chi connectivity index (χ1n) is 11.9. The highest BCUT2D eigenvalue weighted by Gasteiger charge is 2.40. The summed E-state index contributed by atoms with van der Waals surface area (Å²) in [5.41, 5.74) is 0.542. The average Bonchev–Trinajstić information content (AvgIpc) is 2.83. The van der Waals surface area contributed by atoms with Gasteiger partial charge in [-0.1, -0.05) is 104 Å². The maximum absolute atomic E-state index is 11.6. The molecule has 10 heteroatoms. The monoisotopic (exact) mass is 566 g/mol. The largest absolute Gasteiger partial charge is 0.407 e. The third kappa shape index (κ3) is 7.60. The summed E-state index contributed by atoms with van der Waals surface area (Å²) in [5.74, 6) is 0.0920. The van der Waals surface area contributed by atoms with E-state index in [-0.39, 0.29) is 29.4 Å². The van der Waals surface area contributed by atoms with Gasteiger partial charge in [0, 0.05) is 18.1 Å². The lowest BCUT2D eigenvalue weighted by atomic mass is 10.00. The second kappa shape index (κ2) is 13.1. The Morgan fingerprint density at radius 1 is 0.944 bits per heavy atom. The molecule has 36 heavy (non-hydrogen) atoms. The summed E-state index contributed by atoms with van der Waals surface area (Å²) in [4.78, 5) is 8.58. The van der Waals surface area contributed by atoms with Crippen LogP contribution in [0, 0.1) is 6.92 Å². The molecule has 0 saturated carbocycles. The van der Waals surface area contributed by atoms with Gasteiger partial charge in [0.1, 0.15) is 16.1 Å². The molecule has 0 amide bonds. The fraction of sp³-hybridized carbons (Fsp3) is 0.385. The number of rotatable bonds is 13. The van der Waals surface area contributed by atoms with Crippen LogP contribution in [0.2, 0.25) is 16.4 Å². The second-order valence-corrected chi connectivity index (χ2v) is 14.7. The number of aryl methyl sites for hydroxylation is 1. The fourth-order valence-corrected chi connectivity index (χ4v) is 9.65. The normalized spacial score (nSPS) is 13.0. The number of benzene rings is 2. The lowest BCUT2D eigenvalue weighted by molar-refractivity contribution is 0.244. The molecule has 1 heterocycles. The Kier molecular flexibility index (Phi) is 10.5.